The molecular formula is C23H23Cl2N5O3. The number of nitrogens with zero attached hydrogens (tertiary/aromatic N) is 4. The van der Waals surface area contributed by atoms with Crippen LogP contribution in [-0.4, -0.2) is 38.5 Å². The number of carboxylic acid groups (broad SMARTS) is 1. The molecule has 4 heterocycles. The van der Waals surface area contributed by atoms with E-state index in [-0.39, 0.29) is 22.0 Å². The number of fused-ring (bicyclic) bond motifs is 1. The third kappa shape index (κ3) is 4.25. The second-order valence-corrected chi connectivity index (χ2v) is 9.84. The third-order valence-corrected chi connectivity index (χ3v) is 7.17. The van der Waals surface area contributed by atoms with Gasteiger partial charge in [-0.3, -0.25) is 9.20 Å². The highest BCUT2D eigenvalue weighted by Gasteiger charge is 2.44. The normalized spacial score (nSPS) is 17.8. The maximum absolute atomic E-state index is 13.0. The fourth-order valence-electron chi connectivity index (χ4n) is 4.55. The van der Waals surface area contributed by atoms with Crippen LogP contribution in [0.15, 0.2) is 35.4 Å². The molecule has 8 nitrogen and oxygen atoms in total. The average molecular weight is 488 g/mol. The number of aromatic carboxylic acids is 1. The van der Waals surface area contributed by atoms with Crippen molar-refractivity contribution in [2.45, 2.75) is 38.6 Å². The minimum atomic E-state index is -1.15. The van der Waals surface area contributed by atoms with Crippen molar-refractivity contribution in [1.29, 1.82) is 0 Å². The van der Waals surface area contributed by atoms with E-state index in [2.05, 4.69) is 15.2 Å². The number of hydrogen-bond acceptors (Lipinski definition) is 6. The summed E-state index contributed by atoms with van der Waals surface area (Å²) in [7, 11) is 0. The first-order chi connectivity index (χ1) is 15.7. The number of hydrogen-bond donors (Lipinski definition) is 2. The lowest BCUT2D eigenvalue weighted by atomic mass is 9.94. The highest BCUT2D eigenvalue weighted by atomic mass is 35.5. The van der Waals surface area contributed by atoms with Gasteiger partial charge in [0, 0.05) is 37.1 Å². The van der Waals surface area contributed by atoms with Gasteiger partial charge in [0.05, 0.1) is 16.1 Å². The molecule has 1 atom stereocenters. The number of aromatic nitrogens is 3. The molecule has 172 valence electrons. The molecule has 2 aliphatic rings. The number of piperidine rings is 1. The van der Waals surface area contributed by atoms with E-state index in [1.807, 2.05) is 6.92 Å². The molecular weight excluding hydrogens is 465 g/mol. The van der Waals surface area contributed by atoms with E-state index in [0.29, 0.717) is 27.5 Å². The van der Waals surface area contributed by atoms with Gasteiger partial charge in [-0.2, -0.15) is 0 Å². The number of anilines is 2. The molecule has 10 heteroatoms. The first-order valence-electron chi connectivity index (χ1n) is 10.9. The number of pyridine rings is 2. The summed E-state index contributed by atoms with van der Waals surface area (Å²) in [6.07, 6.45) is 7.78. The van der Waals surface area contributed by atoms with Crippen LogP contribution >= 0.6 is 23.2 Å². The van der Waals surface area contributed by atoms with E-state index >= 15 is 0 Å². The largest absolute Gasteiger partial charge is 0.478 e. The number of nitrogens with one attached hydrogen (secondary N) is 1. The van der Waals surface area contributed by atoms with Crippen molar-refractivity contribution in [3.63, 3.8) is 0 Å². The molecule has 1 saturated carbocycles. The number of halogens is 2. The smallest absolute Gasteiger partial charge is 0.339 e. The van der Waals surface area contributed by atoms with Crippen molar-refractivity contribution in [2.24, 2.45) is 5.41 Å². The Hall–Kier alpha value is -2.84. The fraction of sp³-hybridized carbons (Fsp3) is 0.391. The fourth-order valence-corrected chi connectivity index (χ4v) is 4.92. The first kappa shape index (κ1) is 22.0. The van der Waals surface area contributed by atoms with E-state index < -0.39 is 12.0 Å². The zero-order valence-corrected chi connectivity index (χ0v) is 19.5. The SMILES string of the molecule is C[C@@H](Nc1ncc(Cl)cc1C(=O)O)c1cc(Cl)cn2c(=O)cc(N3CCC4(CC3)CC4)nc12. The molecule has 0 bridgehead atoms. The third-order valence-electron chi connectivity index (χ3n) is 6.75. The van der Waals surface area contributed by atoms with Crippen LogP contribution in [-0.2, 0) is 0 Å². The first-order valence-corrected chi connectivity index (χ1v) is 11.6. The Kier molecular flexibility index (Phi) is 5.45. The van der Waals surface area contributed by atoms with E-state index in [1.165, 1.54) is 29.5 Å². The van der Waals surface area contributed by atoms with Gasteiger partial charge in [-0.1, -0.05) is 23.2 Å². The molecule has 1 saturated heterocycles. The lowest BCUT2D eigenvalue weighted by Gasteiger charge is -2.33. The number of carboxylic acids is 1. The molecule has 0 unspecified atom stereocenters. The molecule has 3 aromatic rings. The lowest BCUT2D eigenvalue weighted by Crippen LogP contribution is -2.36. The molecule has 0 amide bonds. The van der Waals surface area contributed by atoms with Crippen molar-refractivity contribution < 1.29 is 9.90 Å². The highest BCUT2D eigenvalue weighted by Crippen LogP contribution is 2.53. The Morgan fingerprint density at radius 1 is 1.15 bits per heavy atom. The van der Waals surface area contributed by atoms with Gasteiger partial charge in [0.1, 0.15) is 22.8 Å². The van der Waals surface area contributed by atoms with Crippen LogP contribution in [0.4, 0.5) is 11.6 Å². The van der Waals surface area contributed by atoms with Crippen LogP contribution < -0.4 is 15.8 Å². The molecule has 1 aliphatic carbocycles. The molecule has 2 fully saturated rings. The molecule has 33 heavy (non-hydrogen) atoms. The standard InChI is InChI=1S/C23H23Cl2N5O3/c1-13(27-20-17(22(32)33)8-14(24)11-26-20)16-9-15(25)12-30-19(31)10-18(28-21(16)30)29-6-4-23(2-3-23)5-7-29/h8-13H,2-7H2,1H3,(H,26,27)(H,32,33)/t13-/m1/s1. The van der Waals surface area contributed by atoms with Crippen LogP contribution in [0.2, 0.25) is 10.0 Å². The second kappa shape index (κ2) is 8.18. The van der Waals surface area contributed by atoms with Gasteiger partial charge in [0.2, 0.25) is 0 Å². The van der Waals surface area contributed by atoms with Crippen molar-refractivity contribution in [3.8, 4) is 0 Å². The summed E-state index contributed by atoms with van der Waals surface area (Å²) < 4.78 is 1.43. The second-order valence-electron chi connectivity index (χ2n) is 8.97. The molecule has 5 rings (SSSR count). The minimum absolute atomic E-state index is 0.0474. The number of carbonyl (C=O) groups is 1. The molecule has 2 N–H and O–H groups in total. The quantitative estimate of drug-likeness (QED) is 0.540. The Bertz CT molecular complexity index is 1310. The van der Waals surface area contributed by atoms with Crippen molar-refractivity contribution in [1.82, 2.24) is 14.4 Å². The summed E-state index contributed by atoms with van der Waals surface area (Å²) in [5.41, 5.74) is 1.39. The van der Waals surface area contributed by atoms with Crippen LogP contribution in [0.25, 0.3) is 5.65 Å². The van der Waals surface area contributed by atoms with Crippen molar-refractivity contribution in [2.75, 3.05) is 23.3 Å². The van der Waals surface area contributed by atoms with Gasteiger partial charge >= 0.3 is 5.97 Å². The van der Waals surface area contributed by atoms with Gasteiger partial charge in [0.15, 0.2) is 0 Å². The summed E-state index contributed by atoms with van der Waals surface area (Å²) in [4.78, 5) is 35.8. The highest BCUT2D eigenvalue weighted by molar-refractivity contribution is 6.31. The lowest BCUT2D eigenvalue weighted by molar-refractivity contribution is 0.0697. The Balaban J connectivity index is 1.53. The monoisotopic (exact) mass is 487 g/mol. The predicted octanol–water partition coefficient (Wildman–Crippen LogP) is 4.65. The van der Waals surface area contributed by atoms with E-state index in [9.17, 15) is 14.7 Å². The molecule has 1 aliphatic heterocycles. The van der Waals surface area contributed by atoms with Crippen LogP contribution in [0.3, 0.4) is 0 Å². The maximum Gasteiger partial charge on any atom is 0.339 e. The summed E-state index contributed by atoms with van der Waals surface area (Å²) in [5.74, 6) is -0.324. The summed E-state index contributed by atoms with van der Waals surface area (Å²) in [6, 6.07) is 4.19. The zero-order chi connectivity index (χ0) is 23.3. The summed E-state index contributed by atoms with van der Waals surface area (Å²) >= 11 is 12.2. The van der Waals surface area contributed by atoms with E-state index in [0.717, 1.165) is 25.9 Å². The number of rotatable bonds is 5. The van der Waals surface area contributed by atoms with Gasteiger partial charge in [-0.05, 0) is 50.2 Å². The summed E-state index contributed by atoms with van der Waals surface area (Å²) in [5, 5.41) is 13.2. The van der Waals surface area contributed by atoms with Gasteiger partial charge in [0.25, 0.3) is 5.56 Å². The van der Waals surface area contributed by atoms with E-state index in [4.69, 9.17) is 28.2 Å². The predicted molar refractivity (Wildman–Crippen MR) is 128 cm³/mol. The van der Waals surface area contributed by atoms with Crippen molar-refractivity contribution in [3.05, 3.63) is 62.1 Å². The topological polar surface area (TPSA) is 99.8 Å². The Morgan fingerprint density at radius 2 is 1.88 bits per heavy atom. The average Bonchev–Trinajstić information content (AvgIpc) is 3.54. The van der Waals surface area contributed by atoms with Gasteiger partial charge < -0.3 is 15.3 Å². The van der Waals surface area contributed by atoms with Crippen LogP contribution in [0, 0.1) is 5.41 Å². The Morgan fingerprint density at radius 3 is 2.55 bits per heavy atom. The molecule has 0 aromatic carbocycles. The van der Waals surface area contributed by atoms with Gasteiger partial charge in [-0.25, -0.2) is 14.8 Å². The minimum Gasteiger partial charge on any atom is -0.478 e. The van der Waals surface area contributed by atoms with E-state index in [1.54, 1.807) is 18.3 Å². The Labute approximate surface area is 200 Å². The maximum atomic E-state index is 13.0. The van der Waals surface area contributed by atoms with Crippen LogP contribution in [0.1, 0.15) is 54.6 Å². The van der Waals surface area contributed by atoms with Gasteiger partial charge in [-0.15, -0.1) is 0 Å². The molecule has 3 aromatic heterocycles. The van der Waals surface area contributed by atoms with Crippen LogP contribution in [0.5, 0.6) is 0 Å². The summed E-state index contributed by atoms with van der Waals surface area (Å²) in [6.45, 7) is 3.61. The molecule has 1 spiro atoms. The zero-order valence-electron chi connectivity index (χ0n) is 18.0. The molecule has 0 radical (unpaired) electrons. The van der Waals surface area contributed by atoms with Crippen molar-refractivity contribution >= 4 is 46.5 Å².